The van der Waals surface area contributed by atoms with E-state index in [1.165, 1.54) is 120 Å². The summed E-state index contributed by atoms with van der Waals surface area (Å²) < 4.78 is 0. The molecule has 0 saturated heterocycles. The van der Waals surface area contributed by atoms with Crippen LogP contribution in [0.5, 0.6) is 0 Å². The summed E-state index contributed by atoms with van der Waals surface area (Å²) in [6, 6.07) is 23.9. The van der Waals surface area contributed by atoms with Gasteiger partial charge in [-0.05, 0) is 23.6 Å². The maximum absolute atomic E-state index is 2.64. The Kier molecular flexibility index (Phi) is 14.1. The SMILES string of the molecule is CCCCCCCCCCCCCCCCCC[Si](C)(C1=C(c2ccccc2)C=CC1)c1ccccc1. The molecule has 0 nitrogen and oxygen atoms in total. The van der Waals surface area contributed by atoms with E-state index in [9.17, 15) is 0 Å². The lowest BCUT2D eigenvalue weighted by atomic mass is 10.0. The second kappa shape index (κ2) is 17.6. The molecule has 0 amide bonds. The van der Waals surface area contributed by atoms with Crippen LogP contribution in [0.2, 0.25) is 12.6 Å². The van der Waals surface area contributed by atoms with Gasteiger partial charge in [0.15, 0.2) is 0 Å². The van der Waals surface area contributed by atoms with E-state index in [2.05, 4.69) is 86.3 Å². The highest BCUT2D eigenvalue weighted by Crippen LogP contribution is 2.37. The second-order valence-corrected chi connectivity index (χ2v) is 16.0. The molecule has 2 aromatic rings. The Hall–Kier alpha value is -1.86. The fourth-order valence-corrected chi connectivity index (χ4v) is 10.4. The number of hydrogen-bond acceptors (Lipinski definition) is 0. The van der Waals surface area contributed by atoms with Gasteiger partial charge in [0.25, 0.3) is 0 Å². The van der Waals surface area contributed by atoms with Crippen molar-refractivity contribution in [1.29, 1.82) is 0 Å². The van der Waals surface area contributed by atoms with Gasteiger partial charge in [0, 0.05) is 0 Å². The van der Waals surface area contributed by atoms with Crippen molar-refractivity contribution in [3.63, 3.8) is 0 Å². The van der Waals surface area contributed by atoms with Crippen molar-refractivity contribution in [1.82, 2.24) is 0 Å². The summed E-state index contributed by atoms with van der Waals surface area (Å²) in [7, 11) is -1.73. The largest absolute Gasteiger partial charge is 0.111 e. The Morgan fingerprint density at radius 1 is 0.568 bits per heavy atom. The molecule has 0 N–H and O–H groups in total. The standard InChI is InChI=1S/C36H54Si/c1-3-4-5-6-7-8-9-10-11-12-13-14-15-16-17-24-32-37(2,34-28-22-19-23-29-34)36-31-25-30-35(36)33-26-20-18-21-27-33/h18-23,25-30H,3-17,24,31-32H2,1-2H3. The number of unbranched alkanes of at least 4 members (excludes halogenated alkanes) is 15. The minimum atomic E-state index is -1.73. The fraction of sp³-hybridized carbons (Fsp3) is 0.556. The molecule has 2 aromatic carbocycles. The topological polar surface area (TPSA) is 0 Å². The van der Waals surface area contributed by atoms with Gasteiger partial charge in [-0.3, -0.25) is 0 Å². The van der Waals surface area contributed by atoms with Crippen molar-refractivity contribution in [3.8, 4) is 0 Å². The van der Waals surface area contributed by atoms with Gasteiger partial charge in [0.05, 0.1) is 0 Å². The molecule has 1 aliphatic carbocycles. The van der Waals surface area contributed by atoms with Crippen molar-refractivity contribution in [2.75, 3.05) is 0 Å². The minimum Gasteiger partial charge on any atom is -0.0802 e. The van der Waals surface area contributed by atoms with Gasteiger partial charge in [-0.15, -0.1) is 0 Å². The van der Waals surface area contributed by atoms with Gasteiger partial charge >= 0.3 is 0 Å². The Labute approximate surface area is 230 Å². The molecule has 1 aliphatic rings. The molecular formula is C36H54Si. The summed E-state index contributed by atoms with van der Waals surface area (Å²) in [6.07, 6.45) is 28.9. The third-order valence-electron chi connectivity index (χ3n) is 8.62. The fourth-order valence-electron chi connectivity index (χ4n) is 6.22. The van der Waals surface area contributed by atoms with E-state index >= 15 is 0 Å². The Morgan fingerprint density at radius 2 is 1.03 bits per heavy atom. The molecular weight excluding hydrogens is 460 g/mol. The summed E-state index contributed by atoms with van der Waals surface area (Å²) in [5.41, 5.74) is 2.91. The van der Waals surface area contributed by atoms with E-state index in [-0.39, 0.29) is 0 Å². The zero-order valence-electron chi connectivity index (χ0n) is 24.2. The smallest absolute Gasteiger partial charge is 0.0802 e. The monoisotopic (exact) mass is 514 g/mol. The normalized spacial score (nSPS) is 14.9. The van der Waals surface area contributed by atoms with E-state index in [0.717, 1.165) is 6.42 Å². The first-order chi connectivity index (χ1) is 18.3. The van der Waals surface area contributed by atoms with Gasteiger partial charge in [-0.25, -0.2) is 0 Å². The first-order valence-electron chi connectivity index (χ1n) is 15.8. The number of rotatable bonds is 20. The molecule has 0 aromatic heterocycles. The highest BCUT2D eigenvalue weighted by atomic mass is 28.3. The van der Waals surface area contributed by atoms with Crippen LogP contribution >= 0.6 is 0 Å². The maximum atomic E-state index is 2.64. The summed E-state index contributed by atoms with van der Waals surface area (Å²) >= 11 is 0. The average Bonchev–Trinajstić information content (AvgIpc) is 3.45. The maximum Gasteiger partial charge on any atom is 0.111 e. The van der Waals surface area contributed by atoms with Crippen molar-refractivity contribution < 1.29 is 0 Å². The quantitative estimate of drug-likeness (QED) is 0.122. The molecule has 1 heteroatoms. The molecule has 0 heterocycles. The van der Waals surface area contributed by atoms with Gasteiger partial charge < -0.3 is 0 Å². The lowest BCUT2D eigenvalue weighted by Gasteiger charge is -2.31. The molecule has 1 atom stereocenters. The van der Waals surface area contributed by atoms with Gasteiger partial charge in [0.1, 0.15) is 8.07 Å². The van der Waals surface area contributed by atoms with Gasteiger partial charge in [-0.2, -0.15) is 0 Å². The van der Waals surface area contributed by atoms with E-state index in [0.29, 0.717) is 0 Å². The van der Waals surface area contributed by atoms with Crippen molar-refractivity contribution in [3.05, 3.63) is 83.6 Å². The zero-order chi connectivity index (χ0) is 26.0. The molecule has 0 saturated carbocycles. The van der Waals surface area contributed by atoms with Crippen LogP contribution in [0, 0.1) is 0 Å². The van der Waals surface area contributed by atoms with Crippen LogP contribution in [0.1, 0.15) is 122 Å². The van der Waals surface area contributed by atoms with Crippen LogP contribution < -0.4 is 5.19 Å². The molecule has 3 rings (SSSR count). The van der Waals surface area contributed by atoms with Crippen LogP contribution in [0.3, 0.4) is 0 Å². The summed E-state index contributed by atoms with van der Waals surface area (Å²) in [6.45, 7) is 4.94. The molecule has 0 bridgehead atoms. The Balaban J connectivity index is 1.36. The number of allylic oxidation sites excluding steroid dienone is 4. The molecule has 0 aliphatic heterocycles. The molecule has 37 heavy (non-hydrogen) atoms. The van der Waals surface area contributed by atoms with Crippen LogP contribution in [-0.2, 0) is 0 Å². The molecule has 0 radical (unpaired) electrons. The lowest BCUT2D eigenvalue weighted by Crippen LogP contribution is -2.47. The predicted octanol–water partition coefficient (Wildman–Crippen LogP) is 11.2. The molecule has 0 fully saturated rings. The highest BCUT2D eigenvalue weighted by molar-refractivity contribution is 6.97. The summed E-state index contributed by atoms with van der Waals surface area (Å²) in [5.74, 6) is 0. The van der Waals surface area contributed by atoms with Crippen molar-refractivity contribution >= 4 is 18.8 Å². The minimum absolute atomic E-state index is 1.14. The average molecular weight is 515 g/mol. The van der Waals surface area contributed by atoms with Crippen LogP contribution in [-0.4, -0.2) is 8.07 Å². The van der Waals surface area contributed by atoms with Gasteiger partial charge in [-0.1, -0.05) is 199 Å². The van der Waals surface area contributed by atoms with Crippen molar-refractivity contribution in [2.45, 2.75) is 129 Å². The first-order valence-corrected chi connectivity index (χ1v) is 18.5. The van der Waals surface area contributed by atoms with Crippen LogP contribution in [0.25, 0.3) is 5.57 Å². The zero-order valence-corrected chi connectivity index (χ0v) is 25.2. The highest BCUT2D eigenvalue weighted by Gasteiger charge is 2.35. The third kappa shape index (κ3) is 10.1. The number of hydrogen-bond donors (Lipinski definition) is 0. The molecule has 202 valence electrons. The lowest BCUT2D eigenvalue weighted by molar-refractivity contribution is 0.531. The predicted molar refractivity (Wildman–Crippen MR) is 169 cm³/mol. The number of benzene rings is 2. The van der Waals surface area contributed by atoms with E-state index < -0.39 is 8.07 Å². The van der Waals surface area contributed by atoms with Crippen LogP contribution in [0.4, 0.5) is 0 Å². The molecule has 0 spiro atoms. The van der Waals surface area contributed by atoms with E-state index in [4.69, 9.17) is 0 Å². The summed E-state index contributed by atoms with van der Waals surface area (Å²) in [4.78, 5) is 0. The van der Waals surface area contributed by atoms with E-state index in [1.807, 2.05) is 0 Å². The Bertz CT molecular complexity index is 910. The van der Waals surface area contributed by atoms with E-state index in [1.54, 1.807) is 10.4 Å². The first kappa shape index (κ1) is 29.7. The molecule has 1 unspecified atom stereocenters. The van der Waals surface area contributed by atoms with Crippen molar-refractivity contribution in [2.24, 2.45) is 0 Å². The Morgan fingerprint density at radius 3 is 1.54 bits per heavy atom. The summed E-state index contributed by atoms with van der Waals surface area (Å²) in [5, 5.41) is 3.36. The van der Waals surface area contributed by atoms with Crippen LogP contribution in [0.15, 0.2) is 78.0 Å². The third-order valence-corrected chi connectivity index (χ3v) is 13.4. The second-order valence-electron chi connectivity index (χ2n) is 11.6. The van der Waals surface area contributed by atoms with Gasteiger partial charge in [0.2, 0.25) is 0 Å².